The van der Waals surface area contributed by atoms with Crippen molar-refractivity contribution in [2.24, 2.45) is 0 Å². The first-order chi connectivity index (χ1) is 11.8. The summed E-state index contributed by atoms with van der Waals surface area (Å²) in [7, 11) is 3.94. The van der Waals surface area contributed by atoms with E-state index in [1.54, 1.807) is 31.2 Å². The monoisotopic (exact) mass is 349 g/mol. The minimum atomic E-state index is -0.415. The second kappa shape index (κ2) is 10.5. The number of esters is 1. The number of nitrogens with zero attached hydrogens (tertiary/aromatic N) is 2. The molecule has 1 aromatic rings. The first kappa shape index (κ1) is 20.6. The van der Waals surface area contributed by atoms with Gasteiger partial charge >= 0.3 is 5.97 Å². The smallest absolute Gasteiger partial charge is 0.338 e. The van der Waals surface area contributed by atoms with E-state index in [4.69, 9.17) is 4.74 Å². The number of nitrogens with one attached hydrogen (secondary N) is 1. The highest BCUT2D eigenvalue weighted by Crippen LogP contribution is 2.16. The maximum absolute atomic E-state index is 12.0. The van der Waals surface area contributed by atoms with Gasteiger partial charge in [-0.25, -0.2) is 4.79 Å². The quantitative estimate of drug-likeness (QED) is 0.537. The molecule has 0 radical (unpaired) electrons. The van der Waals surface area contributed by atoms with Crippen molar-refractivity contribution in [2.45, 2.75) is 20.3 Å². The molecular formula is C18H27N3O4. The molecule has 0 atom stereocenters. The average molecular weight is 349 g/mol. The zero-order valence-electron chi connectivity index (χ0n) is 15.4. The fraction of sp³-hybridized carbons (Fsp3) is 0.500. The lowest BCUT2D eigenvalue weighted by atomic mass is 10.2. The summed E-state index contributed by atoms with van der Waals surface area (Å²) in [4.78, 5) is 39.0. The topological polar surface area (TPSA) is 79.0 Å². The average Bonchev–Trinajstić information content (AvgIpc) is 2.56. The van der Waals surface area contributed by atoms with Gasteiger partial charge in [-0.05, 0) is 58.3 Å². The predicted octanol–water partition coefficient (Wildman–Crippen LogP) is 1.28. The van der Waals surface area contributed by atoms with Crippen LogP contribution in [0.5, 0.6) is 0 Å². The van der Waals surface area contributed by atoms with Crippen LogP contribution < -0.4 is 10.2 Å². The molecule has 7 nitrogen and oxygen atoms in total. The SMILES string of the molecule is CCOC(=O)c1ccc(N(CC(=O)NCCCN(C)C)C(C)=O)cc1. The predicted molar refractivity (Wildman–Crippen MR) is 96.6 cm³/mol. The Hall–Kier alpha value is -2.41. The number of ether oxygens (including phenoxy) is 1. The minimum absolute atomic E-state index is 0.0595. The van der Waals surface area contributed by atoms with Crippen molar-refractivity contribution in [3.63, 3.8) is 0 Å². The van der Waals surface area contributed by atoms with Crippen LogP contribution in [0.1, 0.15) is 30.6 Å². The molecule has 0 unspecified atom stereocenters. The number of rotatable bonds is 9. The van der Waals surface area contributed by atoms with Crippen LogP contribution in [-0.4, -0.2) is 63.0 Å². The van der Waals surface area contributed by atoms with Crippen LogP contribution in [0.3, 0.4) is 0 Å². The van der Waals surface area contributed by atoms with Gasteiger partial charge in [-0.1, -0.05) is 0 Å². The lowest BCUT2D eigenvalue weighted by Crippen LogP contribution is -2.40. The Morgan fingerprint density at radius 1 is 1.12 bits per heavy atom. The Kier molecular flexibility index (Phi) is 8.63. The highest BCUT2D eigenvalue weighted by Gasteiger charge is 2.16. The zero-order valence-corrected chi connectivity index (χ0v) is 15.4. The number of hydrogen-bond donors (Lipinski definition) is 1. The van der Waals surface area contributed by atoms with Crippen molar-refractivity contribution in [1.82, 2.24) is 10.2 Å². The molecule has 0 aromatic heterocycles. The van der Waals surface area contributed by atoms with E-state index in [2.05, 4.69) is 5.32 Å². The zero-order chi connectivity index (χ0) is 18.8. The summed E-state index contributed by atoms with van der Waals surface area (Å²) in [5.41, 5.74) is 0.964. The number of carbonyl (C=O) groups is 3. The maximum Gasteiger partial charge on any atom is 0.338 e. The number of hydrogen-bond acceptors (Lipinski definition) is 5. The molecule has 0 heterocycles. The van der Waals surface area contributed by atoms with Crippen LogP contribution in [0.4, 0.5) is 5.69 Å². The van der Waals surface area contributed by atoms with E-state index in [1.807, 2.05) is 19.0 Å². The number of anilines is 1. The third-order valence-corrected chi connectivity index (χ3v) is 3.48. The molecule has 0 aliphatic carbocycles. The summed E-state index contributed by atoms with van der Waals surface area (Å²) in [6, 6.07) is 6.43. The van der Waals surface area contributed by atoms with Gasteiger partial charge in [0.1, 0.15) is 6.54 Å². The molecule has 0 fully saturated rings. The van der Waals surface area contributed by atoms with E-state index >= 15 is 0 Å². The van der Waals surface area contributed by atoms with Gasteiger partial charge in [-0.2, -0.15) is 0 Å². The lowest BCUT2D eigenvalue weighted by molar-refractivity contribution is -0.123. The van der Waals surface area contributed by atoms with Crippen LogP contribution in [0.2, 0.25) is 0 Å². The molecule has 138 valence electrons. The van der Waals surface area contributed by atoms with Gasteiger partial charge in [-0.3, -0.25) is 9.59 Å². The first-order valence-corrected chi connectivity index (χ1v) is 8.31. The molecule has 1 rings (SSSR count). The maximum atomic E-state index is 12.0. The Bertz CT molecular complexity index is 584. The summed E-state index contributed by atoms with van der Waals surface area (Å²) >= 11 is 0. The summed E-state index contributed by atoms with van der Waals surface area (Å²) in [6.45, 7) is 4.82. The van der Waals surface area contributed by atoms with Crippen LogP contribution in [0.25, 0.3) is 0 Å². The van der Waals surface area contributed by atoms with E-state index < -0.39 is 5.97 Å². The van der Waals surface area contributed by atoms with Crippen LogP contribution in [0, 0.1) is 0 Å². The highest BCUT2D eigenvalue weighted by atomic mass is 16.5. The normalized spacial score (nSPS) is 10.4. The second-order valence-electron chi connectivity index (χ2n) is 5.88. The number of benzene rings is 1. The minimum Gasteiger partial charge on any atom is -0.462 e. The van der Waals surface area contributed by atoms with Gasteiger partial charge in [0, 0.05) is 19.2 Å². The van der Waals surface area contributed by atoms with Crippen molar-refractivity contribution in [3.05, 3.63) is 29.8 Å². The van der Waals surface area contributed by atoms with Crippen LogP contribution in [0.15, 0.2) is 24.3 Å². The largest absolute Gasteiger partial charge is 0.462 e. The second-order valence-corrected chi connectivity index (χ2v) is 5.88. The van der Waals surface area contributed by atoms with Crippen molar-refractivity contribution < 1.29 is 19.1 Å². The van der Waals surface area contributed by atoms with E-state index in [0.717, 1.165) is 13.0 Å². The first-order valence-electron chi connectivity index (χ1n) is 8.31. The van der Waals surface area contributed by atoms with Gasteiger partial charge in [0.05, 0.1) is 12.2 Å². The van der Waals surface area contributed by atoms with Crippen LogP contribution >= 0.6 is 0 Å². The van der Waals surface area contributed by atoms with Gasteiger partial charge < -0.3 is 19.9 Å². The van der Waals surface area contributed by atoms with Crippen LogP contribution in [-0.2, 0) is 14.3 Å². The Morgan fingerprint density at radius 3 is 2.28 bits per heavy atom. The van der Waals surface area contributed by atoms with Crippen molar-refractivity contribution >= 4 is 23.5 Å². The van der Waals surface area contributed by atoms with Gasteiger partial charge in [0.2, 0.25) is 11.8 Å². The molecule has 0 aliphatic heterocycles. The summed E-state index contributed by atoms with van der Waals surface area (Å²) in [5, 5.41) is 2.81. The third-order valence-electron chi connectivity index (χ3n) is 3.48. The summed E-state index contributed by atoms with van der Waals surface area (Å²) in [5.74, 6) is -0.877. The van der Waals surface area contributed by atoms with Gasteiger partial charge in [0.15, 0.2) is 0 Å². The molecule has 0 bridgehead atoms. The van der Waals surface area contributed by atoms with E-state index in [0.29, 0.717) is 24.4 Å². The third kappa shape index (κ3) is 7.34. The van der Waals surface area contributed by atoms with Crippen molar-refractivity contribution in [3.8, 4) is 0 Å². The molecular weight excluding hydrogens is 322 g/mol. The van der Waals surface area contributed by atoms with E-state index in [-0.39, 0.29) is 18.4 Å². The summed E-state index contributed by atoms with van der Waals surface area (Å²) in [6.07, 6.45) is 0.840. The fourth-order valence-corrected chi connectivity index (χ4v) is 2.20. The van der Waals surface area contributed by atoms with Crippen molar-refractivity contribution in [1.29, 1.82) is 0 Å². The van der Waals surface area contributed by atoms with E-state index in [9.17, 15) is 14.4 Å². The molecule has 2 amide bonds. The van der Waals surface area contributed by atoms with E-state index in [1.165, 1.54) is 11.8 Å². The molecule has 0 spiro atoms. The Morgan fingerprint density at radius 2 is 1.76 bits per heavy atom. The molecule has 1 N–H and O–H groups in total. The fourth-order valence-electron chi connectivity index (χ4n) is 2.20. The number of carbonyl (C=O) groups excluding carboxylic acids is 3. The molecule has 0 saturated carbocycles. The van der Waals surface area contributed by atoms with Gasteiger partial charge in [-0.15, -0.1) is 0 Å². The molecule has 0 aliphatic rings. The lowest BCUT2D eigenvalue weighted by Gasteiger charge is -2.21. The highest BCUT2D eigenvalue weighted by molar-refractivity contribution is 5.98. The Balaban J connectivity index is 2.65. The molecule has 7 heteroatoms. The van der Waals surface area contributed by atoms with Crippen molar-refractivity contribution in [2.75, 3.05) is 45.2 Å². The molecule has 0 saturated heterocycles. The standard InChI is InChI=1S/C18H27N3O4/c1-5-25-18(24)15-7-9-16(10-8-15)21(14(2)22)13-17(23)19-11-6-12-20(3)4/h7-10H,5-6,11-13H2,1-4H3,(H,19,23). The number of amides is 2. The molecule has 25 heavy (non-hydrogen) atoms. The summed E-state index contributed by atoms with van der Waals surface area (Å²) < 4.78 is 4.92. The Labute approximate surface area is 148 Å². The van der Waals surface area contributed by atoms with Gasteiger partial charge in [0.25, 0.3) is 0 Å². The molecule has 1 aromatic carbocycles.